The molecule has 1 atom stereocenters. The van der Waals surface area contributed by atoms with Crippen molar-refractivity contribution in [3.63, 3.8) is 0 Å². The van der Waals surface area contributed by atoms with Gasteiger partial charge in [-0.1, -0.05) is 26.0 Å². The quantitative estimate of drug-likeness (QED) is 0.306. The third-order valence-corrected chi connectivity index (χ3v) is 8.23. The molecule has 0 fully saturated rings. The molecule has 1 aromatic heterocycles. The van der Waals surface area contributed by atoms with E-state index in [1.807, 2.05) is 45.0 Å². The summed E-state index contributed by atoms with van der Waals surface area (Å²) < 4.78 is 29.0. The van der Waals surface area contributed by atoms with Crippen LogP contribution >= 0.6 is 11.8 Å². The summed E-state index contributed by atoms with van der Waals surface area (Å²) in [7, 11) is 0. The third kappa shape index (κ3) is 6.06. The van der Waals surface area contributed by atoms with Crippen LogP contribution in [0, 0.1) is 24.0 Å². The Morgan fingerprint density at radius 2 is 1.93 bits per heavy atom. The summed E-state index contributed by atoms with van der Waals surface area (Å²) in [5, 5.41) is 6.41. The number of benzene rings is 2. The zero-order chi connectivity index (χ0) is 28.4. The summed E-state index contributed by atoms with van der Waals surface area (Å²) in [5.74, 6) is -0.395. The lowest BCUT2D eigenvalue weighted by atomic mass is 9.73. The summed E-state index contributed by atoms with van der Waals surface area (Å²) in [5.41, 5.74) is 4.59. The van der Waals surface area contributed by atoms with Gasteiger partial charge in [0.2, 0.25) is 5.91 Å². The Morgan fingerprint density at radius 1 is 1.18 bits per heavy atom. The molecule has 10 heteroatoms. The summed E-state index contributed by atoms with van der Waals surface area (Å²) in [6, 6.07) is 9.93. The fourth-order valence-electron chi connectivity index (χ4n) is 5.48. The van der Waals surface area contributed by atoms with E-state index in [1.54, 1.807) is 23.0 Å². The molecule has 0 spiro atoms. The number of para-hydroxylation sites is 2. The van der Waals surface area contributed by atoms with Crippen LogP contribution in [0.2, 0.25) is 0 Å². The van der Waals surface area contributed by atoms with Crippen LogP contribution in [0.15, 0.2) is 60.1 Å². The number of hydrogen-bond acceptors (Lipinski definition) is 6. The monoisotopic (exact) mass is 565 g/mol. The molecule has 0 saturated heterocycles. The van der Waals surface area contributed by atoms with Crippen LogP contribution < -0.4 is 15.5 Å². The number of nitrogens with zero attached hydrogens (tertiary/aromatic N) is 2. The molecule has 3 aromatic rings. The van der Waals surface area contributed by atoms with E-state index in [1.165, 1.54) is 12.1 Å². The summed E-state index contributed by atoms with van der Waals surface area (Å²) in [6.07, 6.45) is 2.55. The topological polar surface area (TPSA) is 90.1 Å². The largest absolute Gasteiger partial charge is 0.357 e. The van der Waals surface area contributed by atoms with Gasteiger partial charge >= 0.3 is 0 Å². The van der Waals surface area contributed by atoms with Gasteiger partial charge in [-0.05, 0) is 48.6 Å². The van der Waals surface area contributed by atoms with Gasteiger partial charge in [0.05, 0.1) is 36.0 Å². The molecule has 5 rings (SSSR count). The van der Waals surface area contributed by atoms with Gasteiger partial charge in [-0.25, -0.2) is 13.8 Å². The van der Waals surface area contributed by atoms with Gasteiger partial charge in [-0.3, -0.25) is 9.59 Å². The first-order valence-electron chi connectivity index (χ1n) is 13.3. The molecule has 3 N–H and O–H groups in total. The van der Waals surface area contributed by atoms with Crippen LogP contribution in [0.4, 0.5) is 20.2 Å². The summed E-state index contributed by atoms with van der Waals surface area (Å²) in [6.45, 7) is 6.37. The molecule has 40 heavy (non-hydrogen) atoms. The highest BCUT2D eigenvalue weighted by Crippen LogP contribution is 2.48. The number of fused-ring (bicyclic) bond motifs is 1. The average Bonchev–Trinajstić information content (AvgIpc) is 3.22. The van der Waals surface area contributed by atoms with E-state index in [9.17, 15) is 18.4 Å². The molecule has 2 heterocycles. The number of allylic oxidation sites excluding steroid dienone is 1. The number of aromatic nitrogens is 2. The van der Waals surface area contributed by atoms with Crippen LogP contribution in [0.3, 0.4) is 0 Å². The lowest BCUT2D eigenvalue weighted by molar-refractivity contribution is -0.120. The molecule has 1 unspecified atom stereocenters. The van der Waals surface area contributed by atoms with Crippen molar-refractivity contribution in [2.24, 2.45) is 5.41 Å². The van der Waals surface area contributed by atoms with Crippen molar-refractivity contribution >= 4 is 34.8 Å². The Kier molecular flexibility index (Phi) is 7.98. The van der Waals surface area contributed by atoms with Crippen molar-refractivity contribution in [2.45, 2.75) is 45.4 Å². The number of ketones is 1. The zero-order valence-corrected chi connectivity index (χ0v) is 23.6. The van der Waals surface area contributed by atoms with Crippen LogP contribution in [-0.2, 0) is 15.3 Å². The van der Waals surface area contributed by atoms with Gasteiger partial charge in [-0.2, -0.15) is 11.8 Å². The highest BCUT2D eigenvalue weighted by Gasteiger charge is 2.42. The second-order valence-corrected chi connectivity index (χ2v) is 12.2. The molecule has 1 amide bonds. The highest BCUT2D eigenvalue weighted by atomic mass is 32.2. The Labute approximate surface area is 236 Å². The van der Waals surface area contributed by atoms with Gasteiger partial charge < -0.3 is 20.5 Å². The first-order chi connectivity index (χ1) is 19.1. The number of carbonyl (C=O) groups is 2. The number of Topliss-reactive ketones (excluding diaryl/α,β-unsaturated/α-hetero) is 1. The number of imidazole rings is 1. The number of halogens is 2. The van der Waals surface area contributed by atoms with Crippen molar-refractivity contribution in [3.8, 4) is 0 Å². The van der Waals surface area contributed by atoms with Gasteiger partial charge in [-0.15, -0.1) is 0 Å². The fraction of sp³-hybridized carbons (Fsp3) is 0.367. The van der Waals surface area contributed by atoms with Gasteiger partial charge in [0.25, 0.3) is 0 Å². The van der Waals surface area contributed by atoms with Crippen molar-refractivity contribution in [2.75, 3.05) is 29.1 Å². The number of anilines is 2. The SMILES string of the molecule is Cc1[nH]cnc1CSCCNC(=O)CN1c2ccccc2NC2=C(C(=O)CC(C)(C)C2)C1c1cc(F)cc(F)c1. The molecular formula is C30H33F2N5O2S. The number of aromatic amines is 1. The predicted octanol–water partition coefficient (Wildman–Crippen LogP) is 5.66. The van der Waals surface area contributed by atoms with E-state index in [2.05, 4.69) is 20.6 Å². The summed E-state index contributed by atoms with van der Waals surface area (Å²) in [4.78, 5) is 36.1. The molecule has 0 radical (unpaired) electrons. The Balaban J connectivity index is 1.45. The van der Waals surface area contributed by atoms with E-state index in [-0.39, 0.29) is 29.2 Å². The van der Waals surface area contributed by atoms with Crippen LogP contribution in [0.1, 0.15) is 49.7 Å². The lowest BCUT2D eigenvalue weighted by Gasteiger charge is -2.37. The number of H-pyrrole nitrogens is 1. The lowest BCUT2D eigenvalue weighted by Crippen LogP contribution is -2.42. The van der Waals surface area contributed by atoms with E-state index in [0.717, 1.165) is 34.6 Å². The standard InChI is InChI=1S/C30H33F2N5O2S/c1-18-24(35-17-34-18)16-40-9-8-33-27(39)15-37-25-7-5-4-6-22(25)36-23-13-30(2,3)14-26(38)28(23)29(37)19-10-20(31)12-21(32)11-19/h4-7,10-12,17,29,36H,8-9,13-16H2,1-3H3,(H,33,39)(H,34,35). The van der Waals surface area contributed by atoms with E-state index < -0.39 is 17.7 Å². The maximum Gasteiger partial charge on any atom is 0.239 e. The molecule has 210 valence electrons. The minimum absolute atomic E-state index is 0.0991. The molecule has 2 aliphatic rings. The number of amides is 1. The zero-order valence-electron chi connectivity index (χ0n) is 22.8. The molecule has 0 saturated carbocycles. The third-order valence-electron chi connectivity index (χ3n) is 7.26. The van der Waals surface area contributed by atoms with E-state index >= 15 is 0 Å². The average molecular weight is 566 g/mol. The van der Waals surface area contributed by atoms with Crippen molar-refractivity contribution in [1.29, 1.82) is 0 Å². The van der Waals surface area contributed by atoms with Gasteiger partial charge in [0.1, 0.15) is 11.6 Å². The van der Waals surface area contributed by atoms with Crippen LogP contribution in [0.25, 0.3) is 0 Å². The smallest absolute Gasteiger partial charge is 0.239 e. The normalized spacial score (nSPS) is 18.1. The summed E-state index contributed by atoms with van der Waals surface area (Å²) >= 11 is 1.66. The Bertz CT molecular complexity index is 1450. The molecule has 7 nitrogen and oxygen atoms in total. The van der Waals surface area contributed by atoms with Crippen molar-refractivity contribution < 1.29 is 18.4 Å². The number of nitrogens with one attached hydrogen (secondary N) is 3. The van der Waals surface area contributed by atoms with Crippen LogP contribution in [-0.4, -0.2) is 40.5 Å². The number of hydrogen-bond donors (Lipinski definition) is 3. The number of thioether (sulfide) groups is 1. The number of carbonyl (C=O) groups excluding carboxylic acids is 2. The van der Waals surface area contributed by atoms with Crippen molar-refractivity contribution in [1.82, 2.24) is 15.3 Å². The first-order valence-corrected chi connectivity index (χ1v) is 14.4. The number of rotatable bonds is 8. The Hall–Kier alpha value is -3.66. The second-order valence-electron chi connectivity index (χ2n) is 11.1. The highest BCUT2D eigenvalue weighted by molar-refractivity contribution is 7.98. The van der Waals surface area contributed by atoms with E-state index in [0.29, 0.717) is 36.4 Å². The molecule has 1 aliphatic heterocycles. The minimum Gasteiger partial charge on any atom is -0.357 e. The predicted molar refractivity (Wildman–Crippen MR) is 154 cm³/mol. The molecule has 2 aromatic carbocycles. The van der Waals surface area contributed by atoms with E-state index in [4.69, 9.17) is 0 Å². The number of aryl methyl sites for hydroxylation is 1. The van der Waals surface area contributed by atoms with Gasteiger partial charge in [0, 0.05) is 47.5 Å². The molecule has 1 aliphatic carbocycles. The fourth-order valence-corrected chi connectivity index (χ4v) is 6.36. The first kappa shape index (κ1) is 27.9. The van der Waals surface area contributed by atoms with Crippen LogP contribution in [0.5, 0.6) is 0 Å². The molecular weight excluding hydrogens is 532 g/mol. The molecule has 0 bridgehead atoms. The maximum absolute atomic E-state index is 14.5. The Morgan fingerprint density at radius 3 is 2.65 bits per heavy atom. The second kappa shape index (κ2) is 11.4. The van der Waals surface area contributed by atoms with Crippen molar-refractivity contribution in [3.05, 3.63) is 88.6 Å². The minimum atomic E-state index is -0.845. The van der Waals surface area contributed by atoms with Gasteiger partial charge in [0.15, 0.2) is 5.78 Å². The maximum atomic E-state index is 14.5.